The summed E-state index contributed by atoms with van der Waals surface area (Å²) in [5.41, 5.74) is 0. The van der Waals surface area contributed by atoms with Gasteiger partial charge in [-0.3, -0.25) is 4.79 Å². The maximum atomic E-state index is 11.2. The van der Waals surface area contributed by atoms with Crippen LogP contribution in [-0.2, 0) is 0 Å². The average molecular weight is 344 g/mol. The summed E-state index contributed by atoms with van der Waals surface area (Å²) in [5.74, 6) is 0.170. The highest BCUT2D eigenvalue weighted by Gasteiger charge is 2.08. The largest absolute Gasteiger partial charge is 0.444 e. The fourth-order valence-electron chi connectivity index (χ4n) is 0.684. The van der Waals surface area contributed by atoms with Gasteiger partial charge in [-0.2, -0.15) is 0 Å². The van der Waals surface area contributed by atoms with Crippen molar-refractivity contribution in [2.75, 3.05) is 11.0 Å². The second-order valence-corrected chi connectivity index (χ2v) is 3.91. The Labute approximate surface area is 92.2 Å². The minimum Gasteiger partial charge on any atom is -0.444 e. The van der Waals surface area contributed by atoms with Crippen LogP contribution in [0.3, 0.4) is 0 Å². The molecule has 1 heterocycles. The van der Waals surface area contributed by atoms with Gasteiger partial charge in [0.25, 0.3) is 5.91 Å². The molecule has 1 N–H and O–H groups in total. The highest BCUT2D eigenvalue weighted by molar-refractivity contribution is 14.1. The van der Waals surface area contributed by atoms with Crippen LogP contribution in [0.1, 0.15) is 10.6 Å². The van der Waals surface area contributed by atoms with Crippen molar-refractivity contribution >= 4 is 44.4 Å². The number of furan rings is 1. The van der Waals surface area contributed by atoms with Gasteiger partial charge in [-0.15, -0.1) is 0 Å². The molecule has 0 saturated carbocycles. The summed E-state index contributed by atoms with van der Waals surface area (Å²) in [5, 5.41) is 2.70. The fraction of sp³-hybridized carbons (Fsp3) is 0.286. The van der Waals surface area contributed by atoms with Gasteiger partial charge in [0, 0.05) is 11.0 Å². The van der Waals surface area contributed by atoms with Crippen molar-refractivity contribution in [1.29, 1.82) is 0 Å². The van der Waals surface area contributed by atoms with E-state index in [-0.39, 0.29) is 5.91 Å². The minimum absolute atomic E-state index is 0.169. The summed E-state index contributed by atoms with van der Waals surface area (Å²) in [6.07, 6.45) is 0. The van der Waals surface area contributed by atoms with E-state index in [9.17, 15) is 4.79 Å². The lowest BCUT2D eigenvalue weighted by atomic mass is 10.4. The molecule has 0 fully saturated rings. The lowest BCUT2D eigenvalue weighted by Gasteiger charge is -1.97. The Morgan fingerprint density at radius 3 is 2.92 bits per heavy atom. The van der Waals surface area contributed by atoms with E-state index >= 15 is 0 Å². The van der Waals surface area contributed by atoms with E-state index < -0.39 is 0 Å². The molecule has 5 heteroatoms. The normalized spacial score (nSPS) is 9.83. The number of amides is 1. The Kier molecular flexibility index (Phi) is 4.07. The highest BCUT2D eigenvalue weighted by atomic mass is 127. The molecule has 1 aromatic heterocycles. The first-order chi connectivity index (χ1) is 5.74. The first-order valence-electron chi connectivity index (χ1n) is 3.33. The quantitative estimate of drug-likeness (QED) is 0.675. The van der Waals surface area contributed by atoms with Crippen LogP contribution >= 0.6 is 38.5 Å². The van der Waals surface area contributed by atoms with Crippen molar-refractivity contribution in [2.24, 2.45) is 0 Å². The first-order valence-corrected chi connectivity index (χ1v) is 5.65. The van der Waals surface area contributed by atoms with E-state index in [4.69, 9.17) is 4.42 Å². The summed E-state index contributed by atoms with van der Waals surface area (Å²) in [6, 6.07) is 3.32. The van der Waals surface area contributed by atoms with Crippen LogP contribution in [0.4, 0.5) is 0 Å². The topological polar surface area (TPSA) is 42.2 Å². The van der Waals surface area contributed by atoms with E-state index in [0.29, 0.717) is 17.0 Å². The number of hydrogen-bond donors (Lipinski definition) is 1. The van der Waals surface area contributed by atoms with E-state index in [1.165, 1.54) is 0 Å². The predicted molar refractivity (Wildman–Crippen MR) is 57.6 cm³/mol. The molecule has 0 radical (unpaired) electrons. The Bertz CT molecular complexity index is 274. The van der Waals surface area contributed by atoms with Gasteiger partial charge in [-0.1, -0.05) is 22.6 Å². The number of rotatable bonds is 3. The third-order valence-electron chi connectivity index (χ3n) is 1.18. The van der Waals surface area contributed by atoms with Crippen LogP contribution in [0.5, 0.6) is 0 Å². The Hall–Kier alpha value is -0.0400. The molecular formula is C7H7BrINO2. The standard InChI is InChI=1S/C7H7BrINO2/c8-6-2-1-5(12-6)7(11)10-4-3-9/h1-2H,3-4H2,(H,10,11). The molecular weight excluding hydrogens is 337 g/mol. The molecule has 0 unspecified atom stereocenters. The average Bonchev–Trinajstić information content (AvgIpc) is 2.47. The minimum atomic E-state index is -0.169. The molecule has 0 bridgehead atoms. The van der Waals surface area contributed by atoms with Gasteiger partial charge >= 0.3 is 0 Å². The second kappa shape index (κ2) is 4.86. The van der Waals surface area contributed by atoms with Crippen molar-refractivity contribution < 1.29 is 9.21 Å². The highest BCUT2D eigenvalue weighted by Crippen LogP contribution is 2.13. The van der Waals surface area contributed by atoms with Crippen LogP contribution in [0, 0.1) is 0 Å². The predicted octanol–water partition coefficient (Wildman–Crippen LogP) is 2.21. The molecule has 0 aliphatic heterocycles. The zero-order valence-corrected chi connectivity index (χ0v) is 9.88. The number of alkyl halides is 1. The van der Waals surface area contributed by atoms with Crippen molar-refractivity contribution in [2.45, 2.75) is 0 Å². The Balaban J connectivity index is 2.53. The van der Waals surface area contributed by atoms with E-state index in [2.05, 4.69) is 43.8 Å². The molecule has 12 heavy (non-hydrogen) atoms. The number of halogens is 2. The van der Waals surface area contributed by atoms with Crippen molar-refractivity contribution in [1.82, 2.24) is 5.32 Å². The van der Waals surface area contributed by atoms with Gasteiger partial charge < -0.3 is 9.73 Å². The van der Waals surface area contributed by atoms with E-state index in [1.807, 2.05) is 0 Å². The molecule has 3 nitrogen and oxygen atoms in total. The SMILES string of the molecule is O=C(NCCI)c1ccc(Br)o1. The van der Waals surface area contributed by atoms with Gasteiger partial charge in [0.2, 0.25) is 0 Å². The number of nitrogens with one attached hydrogen (secondary N) is 1. The van der Waals surface area contributed by atoms with E-state index in [0.717, 1.165) is 4.43 Å². The van der Waals surface area contributed by atoms with Gasteiger partial charge in [0.15, 0.2) is 10.4 Å². The van der Waals surface area contributed by atoms with Crippen LogP contribution in [0.2, 0.25) is 0 Å². The lowest BCUT2D eigenvalue weighted by Crippen LogP contribution is -2.24. The van der Waals surface area contributed by atoms with Crippen molar-refractivity contribution in [3.63, 3.8) is 0 Å². The summed E-state index contributed by atoms with van der Waals surface area (Å²) < 4.78 is 6.51. The Morgan fingerprint density at radius 1 is 1.67 bits per heavy atom. The molecule has 66 valence electrons. The first kappa shape index (κ1) is 10.0. The number of carbonyl (C=O) groups is 1. The number of hydrogen-bond acceptors (Lipinski definition) is 2. The third-order valence-corrected chi connectivity index (χ3v) is 2.14. The summed E-state index contributed by atoms with van der Waals surface area (Å²) in [6.45, 7) is 0.664. The smallest absolute Gasteiger partial charge is 0.287 e. The third kappa shape index (κ3) is 2.78. The summed E-state index contributed by atoms with van der Waals surface area (Å²) in [4.78, 5) is 11.2. The zero-order valence-electron chi connectivity index (χ0n) is 6.14. The maximum absolute atomic E-state index is 11.2. The van der Waals surface area contributed by atoms with Gasteiger partial charge in [0.1, 0.15) is 0 Å². The van der Waals surface area contributed by atoms with Gasteiger partial charge in [0.05, 0.1) is 0 Å². The molecule has 0 spiro atoms. The lowest BCUT2D eigenvalue weighted by molar-refractivity contribution is 0.0927. The van der Waals surface area contributed by atoms with Crippen LogP contribution in [0.25, 0.3) is 0 Å². The summed E-state index contributed by atoms with van der Waals surface area (Å²) in [7, 11) is 0. The van der Waals surface area contributed by atoms with Crippen LogP contribution in [-0.4, -0.2) is 16.9 Å². The fourth-order valence-corrected chi connectivity index (χ4v) is 1.26. The summed E-state index contributed by atoms with van der Waals surface area (Å²) >= 11 is 5.31. The maximum Gasteiger partial charge on any atom is 0.287 e. The molecule has 1 aromatic rings. The molecule has 0 saturated heterocycles. The monoisotopic (exact) mass is 343 g/mol. The molecule has 0 aliphatic carbocycles. The van der Waals surface area contributed by atoms with Gasteiger partial charge in [-0.05, 0) is 28.1 Å². The van der Waals surface area contributed by atoms with Crippen LogP contribution in [0.15, 0.2) is 21.2 Å². The van der Waals surface area contributed by atoms with Crippen LogP contribution < -0.4 is 5.32 Å². The molecule has 1 amide bonds. The second-order valence-electron chi connectivity index (χ2n) is 2.05. The van der Waals surface area contributed by atoms with Crippen molar-refractivity contribution in [3.05, 3.63) is 22.6 Å². The van der Waals surface area contributed by atoms with Crippen molar-refractivity contribution in [3.8, 4) is 0 Å². The molecule has 0 atom stereocenters. The molecule has 1 rings (SSSR count). The van der Waals surface area contributed by atoms with Gasteiger partial charge in [-0.25, -0.2) is 0 Å². The number of carbonyl (C=O) groups excluding carboxylic acids is 1. The zero-order chi connectivity index (χ0) is 8.97. The molecule has 0 aromatic carbocycles. The molecule has 0 aliphatic rings. The van der Waals surface area contributed by atoms with E-state index in [1.54, 1.807) is 12.1 Å². The Morgan fingerprint density at radius 2 is 2.42 bits per heavy atom.